The molecule has 0 saturated carbocycles. The van der Waals surface area contributed by atoms with E-state index in [9.17, 15) is 18.0 Å². The molecular formula is C17H25NO5S. The van der Waals surface area contributed by atoms with Gasteiger partial charge in [-0.1, -0.05) is 25.0 Å². The topological polar surface area (TPSA) is 101 Å². The molecule has 0 atom stereocenters. The van der Waals surface area contributed by atoms with Gasteiger partial charge < -0.3 is 10.4 Å². The second kappa shape index (κ2) is 9.42. The van der Waals surface area contributed by atoms with Gasteiger partial charge in [0.15, 0.2) is 9.84 Å². The van der Waals surface area contributed by atoms with E-state index in [1.54, 1.807) is 26.0 Å². The fraction of sp³-hybridized carbons (Fsp3) is 0.529. The molecule has 0 aliphatic heterocycles. The SMILES string of the molecule is CC(C)S(=O)(=O)c1ccccc1C(=O)NCCCCCCC(=O)O. The first-order valence-electron chi connectivity index (χ1n) is 8.09. The highest BCUT2D eigenvalue weighted by atomic mass is 32.2. The van der Waals surface area contributed by atoms with E-state index in [-0.39, 0.29) is 16.9 Å². The Morgan fingerprint density at radius 2 is 1.71 bits per heavy atom. The van der Waals surface area contributed by atoms with Gasteiger partial charge in [-0.25, -0.2) is 8.42 Å². The largest absolute Gasteiger partial charge is 0.481 e. The summed E-state index contributed by atoms with van der Waals surface area (Å²) in [7, 11) is -3.52. The van der Waals surface area contributed by atoms with Crippen molar-refractivity contribution in [3.63, 3.8) is 0 Å². The van der Waals surface area contributed by atoms with Gasteiger partial charge in [-0.15, -0.1) is 0 Å². The van der Waals surface area contributed by atoms with Gasteiger partial charge in [-0.2, -0.15) is 0 Å². The molecule has 0 radical (unpaired) electrons. The monoisotopic (exact) mass is 355 g/mol. The van der Waals surface area contributed by atoms with Crippen molar-refractivity contribution in [2.45, 2.75) is 56.1 Å². The number of carboxylic acid groups (broad SMARTS) is 1. The molecule has 0 heterocycles. The molecule has 2 N–H and O–H groups in total. The number of nitrogens with one attached hydrogen (secondary N) is 1. The quantitative estimate of drug-likeness (QED) is 0.628. The third-order valence-electron chi connectivity index (χ3n) is 3.66. The fourth-order valence-corrected chi connectivity index (χ4v) is 3.45. The molecule has 1 amide bonds. The summed E-state index contributed by atoms with van der Waals surface area (Å²) in [4.78, 5) is 22.7. The highest BCUT2D eigenvalue weighted by Gasteiger charge is 2.24. The Bertz CT molecular complexity index is 667. The van der Waals surface area contributed by atoms with Crippen LogP contribution in [0.5, 0.6) is 0 Å². The normalized spacial score (nSPS) is 11.5. The molecule has 0 spiro atoms. The number of benzene rings is 1. The number of carboxylic acids is 1. The Morgan fingerprint density at radius 1 is 1.08 bits per heavy atom. The van der Waals surface area contributed by atoms with Crippen molar-refractivity contribution in [3.05, 3.63) is 29.8 Å². The molecular weight excluding hydrogens is 330 g/mol. The zero-order chi connectivity index (χ0) is 18.2. The number of sulfone groups is 1. The lowest BCUT2D eigenvalue weighted by Crippen LogP contribution is -2.27. The molecule has 1 aromatic carbocycles. The molecule has 134 valence electrons. The lowest BCUT2D eigenvalue weighted by molar-refractivity contribution is -0.137. The van der Waals surface area contributed by atoms with E-state index >= 15 is 0 Å². The summed E-state index contributed by atoms with van der Waals surface area (Å²) >= 11 is 0. The first kappa shape index (κ1) is 20.2. The minimum atomic E-state index is -3.52. The van der Waals surface area contributed by atoms with Gasteiger partial charge in [-0.05, 0) is 38.8 Å². The Balaban J connectivity index is 2.56. The molecule has 0 fully saturated rings. The van der Waals surface area contributed by atoms with Crippen LogP contribution in [-0.4, -0.2) is 37.2 Å². The van der Waals surface area contributed by atoms with Crippen LogP contribution in [0.2, 0.25) is 0 Å². The predicted octanol–water partition coefficient (Wildman–Crippen LogP) is 2.63. The summed E-state index contributed by atoms with van der Waals surface area (Å²) in [5, 5.41) is 10.7. The molecule has 1 rings (SSSR count). The average molecular weight is 355 g/mol. The van der Waals surface area contributed by atoms with Crippen LogP contribution in [0.15, 0.2) is 29.2 Å². The third-order valence-corrected chi connectivity index (χ3v) is 5.87. The Hall–Kier alpha value is -1.89. The van der Waals surface area contributed by atoms with Gasteiger partial charge in [0.05, 0.1) is 15.7 Å². The number of carbonyl (C=O) groups is 2. The van der Waals surface area contributed by atoms with Crippen LogP contribution in [0, 0.1) is 0 Å². The molecule has 0 aromatic heterocycles. The van der Waals surface area contributed by atoms with Crippen LogP contribution < -0.4 is 5.32 Å². The van der Waals surface area contributed by atoms with Crippen molar-refractivity contribution in [1.82, 2.24) is 5.32 Å². The summed E-state index contributed by atoms with van der Waals surface area (Å²) in [6.45, 7) is 3.60. The van der Waals surface area contributed by atoms with Crippen molar-refractivity contribution in [3.8, 4) is 0 Å². The number of hydrogen-bond acceptors (Lipinski definition) is 4. The van der Waals surface area contributed by atoms with Crippen molar-refractivity contribution >= 4 is 21.7 Å². The number of hydrogen-bond donors (Lipinski definition) is 2. The molecule has 1 aromatic rings. The van der Waals surface area contributed by atoms with E-state index in [4.69, 9.17) is 5.11 Å². The molecule has 0 unspecified atom stereocenters. The number of carbonyl (C=O) groups excluding carboxylic acids is 1. The minimum Gasteiger partial charge on any atom is -0.481 e. The van der Waals surface area contributed by atoms with Crippen LogP contribution in [-0.2, 0) is 14.6 Å². The predicted molar refractivity (Wildman–Crippen MR) is 91.8 cm³/mol. The van der Waals surface area contributed by atoms with E-state index in [0.717, 1.165) is 19.3 Å². The van der Waals surface area contributed by atoms with E-state index in [1.165, 1.54) is 12.1 Å². The van der Waals surface area contributed by atoms with Crippen molar-refractivity contribution in [1.29, 1.82) is 0 Å². The summed E-state index contributed by atoms with van der Waals surface area (Å²) in [6, 6.07) is 6.21. The Labute approximate surface area is 143 Å². The Morgan fingerprint density at radius 3 is 2.33 bits per heavy atom. The maximum absolute atomic E-state index is 12.3. The smallest absolute Gasteiger partial charge is 0.303 e. The van der Waals surface area contributed by atoms with Gasteiger partial charge in [0.1, 0.15) is 0 Å². The molecule has 0 aliphatic rings. The fourth-order valence-electron chi connectivity index (χ4n) is 2.21. The highest BCUT2D eigenvalue weighted by Crippen LogP contribution is 2.20. The van der Waals surface area contributed by atoms with Gasteiger partial charge in [0.25, 0.3) is 5.91 Å². The first-order valence-corrected chi connectivity index (χ1v) is 9.64. The van der Waals surface area contributed by atoms with Crippen LogP contribution >= 0.6 is 0 Å². The summed E-state index contributed by atoms with van der Waals surface area (Å²) in [5.41, 5.74) is 0.164. The second-order valence-corrected chi connectivity index (χ2v) is 8.38. The number of amides is 1. The average Bonchev–Trinajstić information content (AvgIpc) is 2.53. The van der Waals surface area contributed by atoms with Crippen LogP contribution in [0.3, 0.4) is 0 Å². The molecule has 0 aliphatic carbocycles. The summed E-state index contributed by atoms with van der Waals surface area (Å²) < 4.78 is 24.7. The van der Waals surface area contributed by atoms with Crippen LogP contribution in [0.4, 0.5) is 0 Å². The third kappa shape index (κ3) is 5.96. The molecule has 0 bridgehead atoms. The lowest BCUT2D eigenvalue weighted by atomic mass is 10.1. The van der Waals surface area contributed by atoms with Gasteiger partial charge in [0, 0.05) is 13.0 Å². The molecule has 6 nitrogen and oxygen atoms in total. The molecule has 24 heavy (non-hydrogen) atoms. The Kier molecular flexibility index (Phi) is 7.91. The van der Waals surface area contributed by atoms with Crippen LogP contribution in [0.1, 0.15) is 56.3 Å². The number of unbranched alkanes of at least 4 members (excludes halogenated alkanes) is 3. The summed E-state index contributed by atoms with van der Waals surface area (Å²) in [5.74, 6) is -1.20. The molecule has 7 heteroatoms. The van der Waals surface area contributed by atoms with E-state index in [0.29, 0.717) is 13.0 Å². The van der Waals surface area contributed by atoms with Crippen LogP contribution in [0.25, 0.3) is 0 Å². The van der Waals surface area contributed by atoms with Gasteiger partial charge in [0.2, 0.25) is 0 Å². The number of rotatable bonds is 10. The number of aliphatic carboxylic acids is 1. The lowest BCUT2D eigenvalue weighted by Gasteiger charge is -2.13. The zero-order valence-electron chi connectivity index (χ0n) is 14.1. The van der Waals surface area contributed by atoms with Crippen molar-refractivity contribution in [2.75, 3.05) is 6.54 Å². The van der Waals surface area contributed by atoms with E-state index in [2.05, 4.69) is 5.32 Å². The van der Waals surface area contributed by atoms with Gasteiger partial charge >= 0.3 is 5.97 Å². The zero-order valence-corrected chi connectivity index (χ0v) is 14.9. The highest BCUT2D eigenvalue weighted by molar-refractivity contribution is 7.92. The minimum absolute atomic E-state index is 0.0546. The maximum Gasteiger partial charge on any atom is 0.303 e. The molecule has 0 saturated heterocycles. The van der Waals surface area contributed by atoms with Crippen molar-refractivity contribution < 1.29 is 23.1 Å². The first-order chi connectivity index (χ1) is 11.3. The van der Waals surface area contributed by atoms with E-state index < -0.39 is 27.0 Å². The second-order valence-electron chi connectivity index (χ2n) is 5.90. The maximum atomic E-state index is 12.3. The summed E-state index contributed by atoms with van der Waals surface area (Å²) in [6.07, 6.45) is 3.12. The van der Waals surface area contributed by atoms with E-state index in [1.807, 2.05) is 0 Å². The van der Waals surface area contributed by atoms with Crippen molar-refractivity contribution in [2.24, 2.45) is 0 Å². The van der Waals surface area contributed by atoms with Gasteiger partial charge in [-0.3, -0.25) is 9.59 Å². The standard InChI is InChI=1S/C17H25NO5S/c1-13(2)24(22,23)15-10-7-6-9-14(15)17(21)18-12-8-4-3-5-11-16(19)20/h6-7,9-10,13H,3-5,8,11-12H2,1-2H3,(H,18,21)(H,19,20).